The monoisotopic (exact) mass is 616 g/mol. The van der Waals surface area contributed by atoms with Crippen molar-refractivity contribution in [2.45, 2.75) is 77.3 Å². The minimum atomic E-state index is -0.321. The number of rotatable bonds is 6. The van der Waals surface area contributed by atoms with Gasteiger partial charge in [0.1, 0.15) is 16.9 Å². The molecular weight excluding hydrogens is 576 g/mol. The second-order valence-corrected chi connectivity index (χ2v) is 13.9. The third-order valence-electron chi connectivity index (χ3n) is 9.36. The first kappa shape index (κ1) is 29.7. The van der Waals surface area contributed by atoms with Crippen LogP contribution in [0.1, 0.15) is 73.6 Å². The highest BCUT2D eigenvalue weighted by atomic mass is 16.2. The fraction of sp³-hybridized carbons (Fsp3) is 0.361. The quantitative estimate of drug-likeness (QED) is 0.189. The van der Waals surface area contributed by atoms with Crippen molar-refractivity contribution in [2.75, 3.05) is 10.6 Å². The SMILES string of the molecule is Cc1ccc(-n2nc(C(C)(C)C)cc2NC(=O)Nc2ccc(CC3CC4CCC(C3)N4C(=O)c3ccc4n[nH]nc4c3)cc2)cc1. The Morgan fingerprint density at radius 1 is 0.870 bits per heavy atom. The molecular formula is C36H40N8O2. The molecule has 0 saturated carbocycles. The highest BCUT2D eigenvalue weighted by Gasteiger charge is 2.43. The van der Waals surface area contributed by atoms with Crippen molar-refractivity contribution in [1.29, 1.82) is 0 Å². The van der Waals surface area contributed by atoms with E-state index in [0.29, 0.717) is 22.8 Å². The number of aromatic nitrogens is 5. The largest absolute Gasteiger partial charge is 0.333 e. The summed E-state index contributed by atoms with van der Waals surface area (Å²) >= 11 is 0. The first-order valence-electron chi connectivity index (χ1n) is 16.1. The molecule has 2 bridgehead atoms. The van der Waals surface area contributed by atoms with Gasteiger partial charge in [0.2, 0.25) is 0 Å². The number of piperidine rings is 1. The highest BCUT2D eigenvalue weighted by Crippen LogP contribution is 2.41. The van der Waals surface area contributed by atoms with Crippen LogP contribution in [0.2, 0.25) is 0 Å². The highest BCUT2D eigenvalue weighted by molar-refractivity contribution is 5.99. The number of benzene rings is 3. The lowest BCUT2D eigenvalue weighted by Crippen LogP contribution is -2.46. The van der Waals surface area contributed by atoms with Crippen LogP contribution in [0.25, 0.3) is 16.7 Å². The Balaban J connectivity index is 0.971. The average Bonchev–Trinajstić information content (AvgIpc) is 3.74. The summed E-state index contributed by atoms with van der Waals surface area (Å²) < 4.78 is 1.78. The maximum Gasteiger partial charge on any atom is 0.324 e. The average molecular weight is 617 g/mol. The van der Waals surface area contributed by atoms with Crippen LogP contribution in [0.5, 0.6) is 0 Å². The number of aromatic amines is 1. The van der Waals surface area contributed by atoms with Crippen LogP contribution in [-0.4, -0.2) is 54.1 Å². The second-order valence-electron chi connectivity index (χ2n) is 13.9. The molecule has 0 spiro atoms. The van der Waals surface area contributed by atoms with Gasteiger partial charge in [0.15, 0.2) is 0 Å². The maximum absolute atomic E-state index is 13.5. The fourth-order valence-corrected chi connectivity index (χ4v) is 6.97. The summed E-state index contributed by atoms with van der Waals surface area (Å²) in [5.74, 6) is 1.22. The van der Waals surface area contributed by atoms with Gasteiger partial charge in [-0.1, -0.05) is 50.6 Å². The van der Waals surface area contributed by atoms with Crippen LogP contribution >= 0.6 is 0 Å². The normalized spacial score (nSPS) is 19.4. The predicted molar refractivity (Wildman–Crippen MR) is 179 cm³/mol. The van der Waals surface area contributed by atoms with Crippen LogP contribution in [-0.2, 0) is 11.8 Å². The molecule has 3 N–H and O–H groups in total. The molecule has 10 heteroatoms. The fourth-order valence-electron chi connectivity index (χ4n) is 6.97. The number of hydrogen-bond acceptors (Lipinski definition) is 5. The van der Waals surface area contributed by atoms with Gasteiger partial charge in [0, 0.05) is 34.8 Å². The Labute approximate surface area is 268 Å². The van der Waals surface area contributed by atoms with Gasteiger partial charge >= 0.3 is 6.03 Å². The Morgan fingerprint density at radius 2 is 1.57 bits per heavy atom. The van der Waals surface area contributed by atoms with E-state index >= 15 is 0 Å². The number of anilines is 2. The number of aryl methyl sites for hydroxylation is 1. The Morgan fingerprint density at radius 3 is 2.26 bits per heavy atom. The molecule has 2 aromatic heterocycles. The van der Waals surface area contributed by atoms with Crippen LogP contribution < -0.4 is 10.6 Å². The molecule has 236 valence electrons. The molecule has 2 unspecified atom stereocenters. The van der Waals surface area contributed by atoms with Crippen molar-refractivity contribution in [3.63, 3.8) is 0 Å². The number of nitrogens with zero attached hydrogens (tertiary/aromatic N) is 5. The predicted octanol–water partition coefficient (Wildman–Crippen LogP) is 7.02. The third kappa shape index (κ3) is 5.99. The van der Waals surface area contributed by atoms with Crippen LogP contribution in [0, 0.1) is 12.8 Å². The van der Waals surface area contributed by atoms with E-state index in [1.54, 1.807) is 4.68 Å². The van der Waals surface area contributed by atoms with Gasteiger partial charge in [-0.2, -0.15) is 20.5 Å². The number of fused-ring (bicyclic) bond motifs is 3. The molecule has 46 heavy (non-hydrogen) atoms. The summed E-state index contributed by atoms with van der Waals surface area (Å²) in [6.07, 6.45) is 5.07. The zero-order valence-electron chi connectivity index (χ0n) is 26.7. The molecule has 2 aliphatic heterocycles. The van der Waals surface area contributed by atoms with Crippen molar-refractivity contribution in [1.82, 2.24) is 30.1 Å². The summed E-state index contributed by atoms with van der Waals surface area (Å²) in [4.78, 5) is 28.7. The molecule has 5 aromatic rings. The zero-order valence-corrected chi connectivity index (χ0v) is 26.7. The first-order valence-corrected chi connectivity index (χ1v) is 16.1. The van der Waals surface area contributed by atoms with Gasteiger partial charge in [0.25, 0.3) is 5.91 Å². The summed E-state index contributed by atoms with van der Waals surface area (Å²) in [6.45, 7) is 8.36. The van der Waals surface area contributed by atoms with E-state index in [9.17, 15) is 9.59 Å². The summed E-state index contributed by atoms with van der Waals surface area (Å²) in [7, 11) is 0. The van der Waals surface area contributed by atoms with Gasteiger partial charge in [-0.25, -0.2) is 9.48 Å². The number of urea groups is 1. The van der Waals surface area contributed by atoms with Crippen LogP contribution in [0.4, 0.5) is 16.3 Å². The lowest BCUT2D eigenvalue weighted by molar-refractivity contribution is 0.0524. The van der Waals surface area contributed by atoms with Gasteiger partial charge < -0.3 is 10.2 Å². The molecule has 4 heterocycles. The second kappa shape index (κ2) is 11.7. The van der Waals surface area contributed by atoms with E-state index < -0.39 is 0 Å². The van der Waals surface area contributed by atoms with E-state index in [1.807, 2.05) is 67.6 Å². The molecule has 7 rings (SSSR count). The van der Waals surface area contributed by atoms with E-state index in [4.69, 9.17) is 5.10 Å². The molecule has 3 amide bonds. The number of amides is 3. The molecule has 10 nitrogen and oxygen atoms in total. The number of carbonyl (C=O) groups excluding carboxylic acids is 2. The van der Waals surface area contributed by atoms with Crippen molar-refractivity contribution in [3.8, 4) is 5.69 Å². The Kier molecular flexibility index (Phi) is 7.58. The number of nitrogens with one attached hydrogen (secondary N) is 3. The van der Waals surface area contributed by atoms with Crippen molar-refractivity contribution in [3.05, 3.63) is 95.2 Å². The first-order chi connectivity index (χ1) is 22.1. The molecule has 2 saturated heterocycles. The van der Waals surface area contributed by atoms with Gasteiger partial charge in [-0.3, -0.25) is 10.1 Å². The summed E-state index contributed by atoms with van der Waals surface area (Å²) in [6, 6.07) is 23.9. The van der Waals surface area contributed by atoms with Gasteiger partial charge in [-0.15, -0.1) is 0 Å². The van der Waals surface area contributed by atoms with E-state index in [0.717, 1.165) is 60.3 Å². The zero-order chi connectivity index (χ0) is 32.0. The molecule has 0 aliphatic carbocycles. The summed E-state index contributed by atoms with van der Waals surface area (Å²) in [5, 5.41) is 21.7. The smallest absolute Gasteiger partial charge is 0.324 e. The van der Waals surface area contributed by atoms with E-state index in [2.05, 4.69) is 63.8 Å². The Bertz CT molecular complexity index is 1870. The summed E-state index contributed by atoms with van der Waals surface area (Å²) in [5.41, 5.74) is 6.89. The Hall–Kier alpha value is -4.99. The van der Waals surface area contributed by atoms with Crippen LogP contribution in [0.3, 0.4) is 0 Å². The lowest BCUT2D eigenvalue weighted by Gasteiger charge is -2.39. The number of carbonyl (C=O) groups is 2. The third-order valence-corrected chi connectivity index (χ3v) is 9.36. The molecule has 3 aromatic carbocycles. The number of H-pyrrole nitrogens is 1. The molecule has 2 aliphatic rings. The van der Waals surface area contributed by atoms with Gasteiger partial charge in [-0.05, 0) is 93.0 Å². The topological polar surface area (TPSA) is 121 Å². The van der Waals surface area contributed by atoms with Crippen LogP contribution in [0.15, 0.2) is 72.8 Å². The molecule has 0 radical (unpaired) electrons. The molecule has 2 fully saturated rings. The minimum absolute atomic E-state index is 0.0982. The number of hydrogen-bond donors (Lipinski definition) is 3. The van der Waals surface area contributed by atoms with Crippen molar-refractivity contribution >= 4 is 34.5 Å². The van der Waals surface area contributed by atoms with Gasteiger partial charge in [0.05, 0.1) is 11.4 Å². The van der Waals surface area contributed by atoms with Crippen molar-refractivity contribution in [2.24, 2.45) is 5.92 Å². The van der Waals surface area contributed by atoms with E-state index in [1.165, 1.54) is 5.56 Å². The standard InChI is InChI=1S/C36H40N8O2/c1-22-5-12-27(13-6-22)44-33(21-32(41-44)36(2,3)4)38-35(46)37-26-10-7-23(8-11-26)17-24-18-28-14-15-29(19-24)43(28)34(45)25-9-16-30-31(20-25)40-42-39-30/h5-13,16,20-21,24,28-29H,14-15,17-19H2,1-4H3,(H2,37,38,46)(H,39,40,42). The van der Waals surface area contributed by atoms with E-state index in [-0.39, 0.29) is 29.4 Å². The van der Waals surface area contributed by atoms with Crippen molar-refractivity contribution < 1.29 is 9.59 Å². The molecule has 2 atom stereocenters. The minimum Gasteiger partial charge on any atom is -0.333 e. The lowest BCUT2D eigenvalue weighted by atomic mass is 9.85. The maximum atomic E-state index is 13.5.